The van der Waals surface area contributed by atoms with E-state index >= 15 is 0 Å². The second-order valence-electron chi connectivity index (χ2n) is 3.98. The van der Waals surface area contributed by atoms with Crippen molar-refractivity contribution in [3.05, 3.63) is 35.6 Å². The molecule has 1 saturated heterocycles. The summed E-state index contributed by atoms with van der Waals surface area (Å²) in [4.78, 5) is 16.9. The molecule has 1 amide bonds. The van der Waals surface area contributed by atoms with E-state index in [1.165, 1.54) is 12.1 Å². The highest BCUT2D eigenvalue weighted by molar-refractivity contribution is 5.93. The van der Waals surface area contributed by atoms with Gasteiger partial charge in [-0.1, -0.05) is 12.1 Å². The molecule has 0 bridgehead atoms. The number of amides is 1. The van der Waals surface area contributed by atoms with E-state index in [1.54, 1.807) is 12.1 Å². The summed E-state index contributed by atoms with van der Waals surface area (Å²) in [5, 5.41) is 3.19. The van der Waals surface area contributed by atoms with Crippen LogP contribution in [0, 0.1) is 5.82 Å². The van der Waals surface area contributed by atoms with E-state index < -0.39 is 11.7 Å². The zero-order chi connectivity index (χ0) is 12.1. The molecule has 0 unspecified atom stereocenters. The lowest BCUT2D eigenvalue weighted by molar-refractivity contribution is -0.0284. The van der Waals surface area contributed by atoms with Gasteiger partial charge in [-0.25, -0.2) is 9.87 Å². The van der Waals surface area contributed by atoms with Gasteiger partial charge in [-0.15, -0.1) is 0 Å². The average Bonchev–Trinajstić information content (AvgIpc) is 2.38. The third-order valence-electron chi connectivity index (χ3n) is 2.72. The Morgan fingerprint density at radius 1 is 1.35 bits per heavy atom. The van der Waals surface area contributed by atoms with Crippen molar-refractivity contribution < 1.29 is 14.0 Å². The lowest BCUT2D eigenvalue weighted by Gasteiger charge is -2.22. The van der Waals surface area contributed by atoms with Gasteiger partial charge in [-0.05, 0) is 38.1 Å². The van der Waals surface area contributed by atoms with Crippen molar-refractivity contribution in [3.8, 4) is 0 Å². The van der Waals surface area contributed by atoms with Crippen molar-refractivity contribution >= 4 is 5.91 Å². The zero-order valence-corrected chi connectivity index (χ0v) is 9.41. The monoisotopic (exact) mass is 238 g/mol. The molecule has 5 heteroatoms. The molecule has 1 aliphatic heterocycles. The molecule has 1 aromatic carbocycles. The Hall–Kier alpha value is -1.46. The van der Waals surface area contributed by atoms with E-state index in [9.17, 15) is 9.18 Å². The topological polar surface area (TPSA) is 50.4 Å². The minimum atomic E-state index is -0.543. The Kier molecular flexibility index (Phi) is 4.06. The second-order valence-corrected chi connectivity index (χ2v) is 3.98. The Morgan fingerprint density at radius 3 is 2.76 bits per heavy atom. The molecule has 1 aliphatic rings. The van der Waals surface area contributed by atoms with Crippen molar-refractivity contribution in [1.82, 2.24) is 10.8 Å². The van der Waals surface area contributed by atoms with Crippen molar-refractivity contribution in [2.45, 2.75) is 18.9 Å². The molecule has 0 radical (unpaired) electrons. The summed E-state index contributed by atoms with van der Waals surface area (Å²) >= 11 is 0. The summed E-state index contributed by atoms with van der Waals surface area (Å²) in [6, 6.07) is 5.83. The van der Waals surface area contributed by atoms with Crippen molar-refractivity contribution in [1.29, 1.82) is 0 Å². The normalized spacial score (nSPS) is 16.8. The molecule has 92 valence electrons. The van der Waals surface area contributed by atoms with Crippen LogP contribution in [0.1, 0.15) is 23.2 Å². The minimum absolute atomic E-state index is 0.00133. The molecule has 0 atom stereocenters. The lowest BCUT2D eigenvalue weighted by Crippen LogP contribution is -2.37. The first-order valence-corrected chi connectivity index (χ1v) is 5.68. The fourth-order valence-electron chi connectivity index (χ4n) is 1.75. The van der Waals surface area contributed by atoms with Crippen LogP contribution in [-0.2, 0) is 4.84 Å². The Morgan fingerprint density at radius 2 is 2.06 bits per heavy atom. The Bertz CT molecular complexity index is 392. The van der Waals surface area contributed by atoms with Gasteiger partial charge >= 0.3 is 0 Å². The van der Waals surface area contributed by atoms with Crippen molar-refractivity contribution in [2.24, 2.45) is 0 Å². The largest absolute Gasteiger partial charge is 0.317 e. The number of hydroxylamine groups is 1. The smallest absolute Gasteiger partial charge is 0.277 e. The number of benzene rings is 1. The van der Waals surface area contributed by atoms with E-state index in [1.807, 2.05) is 0 Å². The van der Waals surface area contributed by atoms with Crippen LogP contribution in [-0.4, -0.2) is 25.1 Å². The Labute approximate surface area is 99.1 Å². The van der Waals surface area contributed by atoms with Gasteiger partial charge in [0.25, 0.3) is 5.91 Å². The average molecular weight is 238 g/mol. The van der Waals surface area contributed by atoms with Gasteiger partial charge in [0.1, 0.15) is 5.82 Å². The fourth-order valence-corrected chi connectivity index (χ4v) is 1.75. The third kappa shape index (κ3) is 3.25. The van der Waals surface area contributed by atoms with E-state index in [0.717, 1.165) is 25.9 Å². The van der Waals surface area contributed by atoms with Crippen LogP contribution in [0.2, 0.25) is 0 Å². The van der Waals surface area contributed by atoms with Gasteiger partial charge in [-0.2, -0.15) is 0 Å². The number of halogens is 1. The van der Waals surface area contributed by atoms with Crippen LogP contribution in [0.5, 0.6) is 0 Å². The highest BCUT2D eigenvalue weighted by atomic mass is 19.1. The summed E-state index contributed by atoms with van der Waals surface area (Å²) in [6.07, 6.45) is 1.70. The van der Waals surface area contributed by atoms with Gasteiger partial charge in [0.2, 0.25) is 0 Å². The van der Waals surface area contributed by atoms with Crippen molar-refractivity contribution in [2.75, 3.05) is 13.1 Å². The quantitative estimate of drug-likeness (QED) is 0.779. The maximum atomic E-state index is 13.3. The first-order chi connectivity index (χ1) is 8.27. The molecule has 0 aliphatic carbocycles. The van der Waals surface area contributed by atoms with E-state index in [0.29, 0.717) is 0 Å². The van der Waals surface area contributed by atoms with Gasteiger partial charge in [0.15, 0.2) is 0 Å². The van der Waals surface area contributed by atoms with Gasteiger partial charge in [0.05, 0.1) is 11.7 Å². The highest BCUT2D eigenvalue weighted by Crippen LogP contribution is 2.08. The molecule has 0 aromatic heterocycles. The van der Waals surface area contributed by atoms with E-state index in [2.05, 4.69) is 10.8 Å². The van der Waals surface area contributed by atoms with Crippen LogP contribution in [0.25, 0.3) is 0 Å². The number of carbonyl (C=O) groups is 1. The molecule has 2 N–H and O–H groups in total. The van der Waals surface area contributed by atoms with E-state index in [4.69, 9.17) is 4.84 Å². The molecule has 17 heavy (non-hydrogen) atoms. The maximum absolute atomic E-state index is 13.3. The molecule has 2 rings (SSSR count). The minimum Gasteiger partial charge on any atom is -0.317 e. The van der Waals surface area contributed by atoms with Crippen LogP contribution < -0.4 is 10.8 Å². The maximum Gasteiger partial charge on any atom is 0.277 e. The number of hydrogen-bond donors (Lipinski definition) is 2. The summed E-state index contributed by atoms with van der Waals surface area (Å²) < 4.78 is 13.3. The first-order valence-electron chi connectivity index (χ1n) is 5.68. The van der Waals surface area contributed by atoms with Gasteiger partial charge in [-0.3, -0.25) is 9.63 Å². The third-order valence-corrected chi connectivity index (χ3v) is 2.72. The molecular weight excluding hydrogens is 223 g/mol. The predicted molar refractivity (Wildman–Crippen MR) is 60.8 cm³/mol. The van der Waals surface area contributed by atoms with Gasteiger partial charge in [0, 0.05) is 0 Å². The second kappa shape index (κ2) is 5.75. The zero-order valence-electron chi connectivity index (χ0n) is 9.41. The molecule has 1 heterocycles. The summed E-state index contributed by atoms with van der Waals surface area (Å²) in [5.74, 6) is -1.08. The molecular formula is C12H15FN2O2. The highest BCUT2D eigenvalue weighted by Gasteiger charge is 2.16. The number of piperidine rings is 1. The number of nitrogens with one attached hydrogen (secondary N) is 2. The molecule has 4 nitrogen and oxygen atoms in total. The lowest BCUT2D eigenvalue weighted by atomic mass is 10.1. The van der Waals surface area contributed by atoms with Crippen LogP contribution in [0.4, 0.5) is 4.39 Å². The SMILES string of the molecule is O=C(NOC1CCNCC1)c1ccccc1F. The first kappa shape index (κ1) is 12.0. The number of hydrogen-bond acceptors (Lipinski definition) is 3. The molecule has 1 aromatic rings. The van der Waals surface area contributed by atoms with Crippen molar-refractivity contribution in [3.63, 3.8) is 0 Å². The summed E-state index contributed by atoms with van der Waals surface area (Å²) in [7, 11) is 0. The fraction of sp³-hybridized carbons (Fsp3) is 0.417. The number of carbonyl (C=O) groups excluding carboxylic acids is 1. The molecule has 1 fully saturated rings. The molecule has 0 saturated carbocycles. The van der Waals surface area contributed by atoms with Gasteiger partial charge < -0.3 is 5.32 Å². The summed E-state index contributed by atoms with van der Waals surface area (Å²) in [5.41, 5.74) is 2.30. The van der Waals surface area contributed by atoms with Crippen LogP contribution in [0.3, 0.4) is 0 Å². The Balaban J connectivity index is 1.87. The number of rotatable bonds is 3. The predicted octanol–water partition coefficient (Wildman–Crippen LogP) is 1.24. The summed E-state index contributed by atoms with van der Waals surface area (Å²) in [6.45, 7) is 1.75. The molecule has 0 spiro atoms. The van der Waals surface area contributed by atoms with E-state index in [-0.39, 0.29) is 11.7 Å². The standard InChI is InChI=1S/C12H15FN2O2/c13-11-4-2-1-3-10(11)12(16)15-17-9-5-7-14-8-6-9/h1-4,9,14H,5-8H2,(H,15,16). The van der Waals surface area contributed by atoms with Crippen LogP contribution >= 0.6 is 0 Å². The van der Waals surface area contributed by atoms with Crippen LogP contribution in [0.15, 0.2) is 24.3 Å².